The van der Waals surface area contributed by atoms with E-state index in [9.17, 15) is 4.79 Å². The molecule has 108 valence electrons. The van der Waals surface area contributed by atoms with Crippen molar-refractivity contribution in [3.63, 3.8) is 0 Å². The third kappa shape index (κ3) is 2.71. The van der Waals surface area contributed by atoms with Gasteiger partial charge in [0.05, 0.1) is 37.1 Å². The van der Waals surface area contributed by atoms with Crippen LogP contribution in [0.25, 0.3) is 0 Å². The van der Waals surface area contributed by atoms with Crippen LogP contribution in [0.5, 0.6) is 0 Å². The Hall–Kier alpha value is -2.18. The molecule has 0 unspecified atom stereocenters. The standard InChI is InChI=1S/C13H19N5O2/c1-5-20-13(19)12-10(4)18(16-15-12)7-11-6-14-8-17(11)9(2)3/h6,8-9H,5,7H2,1-4H3. The molecule has 20 heavy (non-hydrogen) atoms. The maximum absolute atomic E-state index is 11.7. The van der Waals surface area contributed by atoms with Crippen LogP contribution in [0.2, 0.25) is 0 Å². The second kappa shape index (κ2) is 5.85. The van der Waals surface area contributed by atoms with E-state index in [0.29, 0.717) is 24.9 Å². The van der Waals surface area contributed by atoms with Crippen molar-refractivity contribution >= 4 is 5.97 Å². The molecule has 2 rings (SSSR count). The van der Waals surface area contributed by atoms with Crippen molar-refractivity contribution in [1.29, 1.82) is 0 Å². The number of esters is 1. The lowest BCUT2D eigenvalue weighted by Crippen LogP contribution is -2.12. The fourth-order valence-corrected chi connectivity index (χ4v) is 1.97. The van der Waals surface area contributed by atoms with Gasteiger partial charge in [0.25, 0.3) is 0 Å². The first-order chi connectivity index (χ1) is 9.54. The van der Waals surface area contributed by atoms with E-state index in [1.165, 1.54) is 0 Å². The van der Waals surface area contributed by atoms with Crippen LogP contribution in [0.1, 0.15) is 48.7 Å². The quantitative estimate of drug-likeness (QED) is 0.776. The van der Waals surface area contributed by atoms with Gasteiger partial charge in [0.15, 0.2) is 5.69 Å². The molecule has 0 spiro atoms. The Balaban J connectivity index is 2.22. The topological polar surface area (TPSA) is 74.8 Å². The van der Waals surface area contributed by atoms with Crippen LogP contribution >= 0.6 is 0 Å². The lowest BCUT2D eigenvalue weighted by atomic mass is 10.3. The SMILES string of the molecule is CCOC(=O)c1nnn(Cc2cncn2C(C)C)c1C. The number of nitrogens with zero attached hydrogens (tertiary/aromatic N) is 5. The fourth-order valence-electron chi connectivity index (χ4n) is 1.97. The highest BCUT2D eigenvalue weighted by molar-refractivity contribution is 5.88. The van der Waals surface area contributed by atoms with Gasteiger partial charge in [-0.2, -0.15) is 0 Å². The monoisotopic (exact) mass is 277 g/mol. The van der Waals surface area contributed by atoms with Gasteiger partial charge in [0.2, 0.25) is 0 Å². The molecule has 0 saturated heterocycles. The third-order valence-electron chi connectivity index (χ3n) is 3.07. The largest absolute Gasteiger partial charge is 0.461 e. The predicted molar refractivity (Wildman–Crippen MR) is 72.4 cm³/mol. The Morgan fingerprint density at radius 2 is 2.20 bits per heavy atom. The Kier molecular flexibility index (Phi) is 4.16. The summed E-state index contributed by atoms with van der Waals surface area (Å²) in [6.07, 6.45) is 3.59. The smallest absolute Gasteiger partial charge is 0.360 e. The molecule has 7 heteroatoms. The first-order valence-electron chi connectivity index (χ1n) is 6.62. The first-order valence-corrected chi connectivity index (χ1v) is 6.62. The molecular formula is C13H19N5O2. The molecule has 2 heterocycles. The van der Waals surface area contributed by atoms with Crippen molar-refractivity contribution in [2.75, 3.05) is 6.61 Å². The molecule has 0 saturated carbocycles. The van der Waals surface area contributed by atoms with Gasteiger partial charge in [-0.1, -0.05) is 5.21 Å². The zero-order valence-corrected chi connectivity index (χ0v) is 12.2. The van der Waals surface area contributed by atoms with E-state index in [1.807, 2.05) is 6.92 Å². The van der Waals surface area contributed by atoms with E-state index >= 15 is 0 Å². The molecule has 0 N–H and O–H groups in total. The van der Waals surface area contributed by atoms with Crippen LogP contribution < -0.4 is 0 Å². The van der Waals surface area contributed by atoms with E-state index in [-0.39, 0.29) is 5.69 Å². The maximum Gasteiger partial charge on any atom is 0.360 e. The Morgan fingerprint density at radius 3 is 2.85 bits per heavy atom. The molecule has 0 atom stereocenters. The fraction of sp³-hybridized carbons (Fsp3) is 0.538. The minimum absolute atomic E-state index is 0.266. The normalized spacial score (nSPS) is 11.1. The van der Waals surface area contributed by atoms with Crippen LogP contribution in [0.3, 0.4) is 0 Å². The molecule has 0 aliphatic heterocycles. The number of hydrogen-bond acceptors (Lipinski definition) is 5. The Bertz CT molecular complexity index is 600. The summed E-state index contributed by atoms with van der Waals surface area (Å²) in [5.41, 5.74) is 1.98. The van der Waals surface area contributed by atoms with Gasteiger partial charge in [-0.25, -0.2) is 14.5 Å². The van der Waals surface area contributed by atoms with Crippen molar-refractivity contribution in [3.8, 4) is 0 Å². The molecule has 0 radical (unpaired) electrons. The van der Waals surface area contributed by atoms with Gasteiger partial charge in [-0.15, -0.1) is 5.10 Å². The molecule has 2 aromatic rings. The molecule has 2 aromatic heterocycles. The van der Waals surface area contributed by atoms with Gasteiger partial charge < -0.3 is 9.30 Å². The molecule has 0 bridgehead atoms. The molecule has 0 fully saturated rings. The zero-order valence-electron chi connectivity index (χ0n) is 12.2. The summed E-state index contributed by atoms with van der Waals surface area (Å²) in [6, 6.07) is 0.320. The predicted octanol–water partition coefficient (Wildman–Crippen LogP) is 1.59. The molecule has 7 nitrogen and oxygen atoms in total. The average molecular weight is 277 g/mol. The van der Waals surface area contributed by atoms with Gasteiger partial charge in [0.1, 0.15) is 0 Å². The van der Waals surface area contributed by atoms with Crippen molar-refractivity contribution < 1.29 is 9.53 Å². The summed E-state index contributed by atoms with van der Waals surface area (Å²) >= 11 is 0. The summed E-state index contributed by atoms with van der Waals surface area (Å²) < 4.78 is 8.69. The number of rotatable bonds is 5. The molecule has 0 aliphatic rings. The third-order valence-corrected chi connectivity index (χ3v) is 3.07. The van der Waals surface area contributed by atoms with Crippen molar-refractivity contribution in [2.45, 2.75) is 40.3 Å². The second-order valence-electron chi connectivity index (χ2n) is 4.79. The highest BCUT2D eigenvalue weighted by Gasteiger charge is 2.18. The second-order valence-corrected chi connectivity index (χ2v) is 4.79. The highest BCUT2D eigenvalue weighted by atomic mass is 16.5. The number of imidazole rings is 1. The van der Waals surface area contributed by atoms with Crippen LogP contribution in [0, 0.1) is 6.92 Å². The van der Waals surface area contributed by atoms with Crippen molar-refractivity contribution in [3.05, 3.63) is 29.6 Å². The average Bonchev–Trinajstić information content (AvgIpc) is 2.98. The van der Waals surface area contributed by atoms with E-state index in [2.05, 4.69) is 33.7 Å². The molecule has 0 aliphatic carbocycles. The van der Waals surface area contributed by atoms with Gasteiger partial charge >= 0.3 is 5.97 Å². The maximum atomic E-state index is 11.7. The van der Waals surface area contributed by atoms with Crippen LogP contribution in [0.4, 0.5) is 0 Å². The van der Waals surface area contributed by atoms with Crippen LogP contribution in [-0.2, 0) is 11.3 Å². The lowest BCUT2D eigenvalue weighted by molar-refractivity contribution is 0.0518. The summed E-state index contributed by atoms with van der Waals surface area (Å²) in [7, 11) is 0. The summed E-state index contributed by atoms with van der Waals surface area (Å²) in [5, 5.41) is 7.92. The number of aromatic nitrogens is 5. The minimum atomic E-state index is -0.436. The number of carbonyl (C=O) groups excluding carboxylic acids is 1. The molecule has 0 aromatic carbocycles. The molecular weight excluding hydrogens is 258 g/mol. The zero-order chi connectivity index (χ0) is 14.7. The summed E-state index contributed by atoms with van der Waals surface area (Å²) in [5.74, 6) is -0.436. The minimum Gasteiger partial charge on any atom is -0.461 e. The van der Waals surface area contributed by atoms with E-state index in [1.54, 1.807) is 24.1 Å². The van der Waals surface area contributed by atoms with Crippen molar-refractivity contribution in [2.24, 2.45) is 0 Å². The molecule has 0 amide bonds. The summed E-state index contributed by atoms with van der Waals surface area (Å²) in [4.78, 5) is 15.9. The number of hydrogen-bond donors (Lipinski definition) is 0. The highest BCUT2D eigenvalue weighted by Crippen LogP contribution is 2.12. The van der Waals surface area contributed by atoms with Crippen molar-refractivity contribution in [1.82, 2.24) is 24.5 Å². The number of ether oxygens (including phenoxy) is 1. The van der Waals surface area contributed by atoms with Crippen LogP contribution in [0.15, 0.2) is 12.5 Å². The van der Waals surface area contributed by atoms with Gasteiger partial charge in [-0.3, -0.25) is 0 Å². The Morgan fingerprint density at radius 1 is 1.45 bits per heavy atom. The van der Waals surface area contributed by atoms with E-state index in [0.717, 1.165) is 5.69 Å². The first kappa shape index (κ1) is 14.2. The van der Waals surface area contributed by atoms with Gasteiger partial charge in [0, 0.05) is 6.04 Å². The van der Waals surface area contributed by atoms with Crippen LogP contribution in [-0.4, -0.2) is 37.1 Å². The summed E-state index contributed by atoms with van der Waals surface area (Å²) in [6.45, 7) is 8.59. The van der Waals surface area contributed by atoms with E-state index in [4.69, 9.17) is 4.74 Å². The Labute approximate surface area is 117 Å². The lowest BCUT2D eigenvalue weighted by Gasteiger charge is -2.12. The van der Waals surface area contributed by atoms with E-state index < -0.39 is 5.97 Å². The number of carbonyl (C=O) groups is 1. The van der Waals surface area contributed by atoms with Gasteiger partial charge in [-0.05, 0) is 27.7 Å².